The average molecular weight is 794 g/mol. The van der Waals surface area contributed by atoms with Gasteiger partial charge in [-0.15, -0.1) is 10.2 Å². The van der Waals surface area contributed by atoms with Crippen molar-refractivity contribution in [3.8, 4) is 28.7 Å². The van der Waals surface area contributed by atoms with E-state index >= 15 is 0 Å². The molecule has 0 aliphatic rings. The number of hydrogen-bond acceptors (Lipinski definition) is 16. The van der Waals surface area contributed by atoms with Crippen LogP contribution in [0.1, 0.15) is 12.8 Å². The quantitative estimate of drug-likeness (QED) is 0.0421. The summed E-state index contributed by atoms with van der Waals surface area (Å²) in [5, 5.41) is 16.8. The van der Waals surface area contributed by atoms with Crippen molar-refractivity contribution in [3.05, 3.63) is 47.5 Å². The molecule has 2 aromatic carbocycles. The van der Waals surface area contributed by atoms with Crippen LogP contribution in [0.4, 0.5) is 23.2 Å². The van der Waals surface area contributed by atoms with Crippen molar-refractivity contribution in [2.45, 2.75) is 23.3 Å². The minimum atomic E-state index is -3.79. The summed E-state index contributed by atoms with van der Waals surface area (Å²) >= 11 is 0. The molecule has 0 aliphatic heterocycles. The summed E-state index contributed by atoms with van der Waals surface area (Å²) in [4.78, 5) is 24.4. The maximum Gasteiger partial charge on any atom is 0.335 e. The molecule has 2 aromatic heterocycles. The lowest BCUT2D eigenvalue weighted by molar-refractivity contribution is -0.136. The molecule has 0 bridgehead atoms. The molecule has 4 aromatic rings. The van der Waals surface area contributed by atoms with Crippen LogP contribution in [0.2, 0.25) is 0 Å². The summed E-state index contributed by atoms with van der Waals surface area (Å²) in [6, 6.07) is 4.43. The van der Waals surface area contributed by atoms with Gasteiger partial charge in [-0.05, 0) is 18.2 Å². The summed E-state index contributed by atoms with van der Waals surface area (Å²) in [7, 11) is -5.34. The number of carbonyl (C=O) groups excluding carboxylic acids is 2. The first-order valence-electron chi connectivity index (χ1n) is 15.2. The number of amides is 1. The lowest BCUT2D eigenvalue weighted by Gasteiger charge is -2.09. The van der Waals surface area contributed by atoms with E-state index in [1.807, 2.05) is 0 Å². The number of aromatic nitrogens is 4. The molecular formula is C30H31F4N5O12S2. The Balaban J connectivity index is 1.10. The van der Waals surface area contributed by atoms with Crippen molar-refractivity contribution in [1.82, 2.24) is 20.4 Å². The Morgan fingerprint density at radius 2 is 1.25 bits per heavy atom. The van der Waals surface area contributed by atoms with Gasteiger partial charge in [0.05, 0.1) is 65.7 Å². The third-order valence-corrected chi connectivity index (χ3v) is 7.87. The molecule has 17 nitrogen and oxygen atoms in total. The zero-order valence-electron chi connectivity index (χ0n) is 27.9. The molecule has 288 valence electrons. The average Bonchev–Trinajstić information content (AvgIpc) is 3.81. The van der Waals surface area contributed by atoms with E-state index in [9.17, 15) is 39.8 Å². The highest BCUT2D eigenvalue weighted by atomic mass is 32.2. The number of hydrogen-bond donors (Lipinski definition) is 1. The number of halogens is 4. The van der Waals surface area contributed by atoms with Crippen LogP contribution in [0.25, 0.3) is 22.9 Å². The minimum Gasteiger partial charge on any atom is -0.420 e. The van der Waals surface area contributed by atoms with E-state index in [4.69, 9.17) is 27.8 Å². The van der Waals surface area contributed by atoms with Crippen LogP contribution in [-0.2, 0) is 49.2 Å². The summed E-state index contributed by atoms with van der Waals surface area (Å²) in [6.07, 6.45) is 1.76. The molecule has 53 heavy (non-hydrogen) atoms. The summed E-state index contributed by atoms with van der Waals surface area (Å²) < 4.78 is 125. The smallest absolute Gasteiger partial charge is 0.335 e. The van der Waals surface area contributed by atoms with Gasteiger partial charge in [0.2, 0.25) is 44.9 Å². The zero-order chi connectivity index (χ0) is 38.5. The third-order valence-electron chi connectivity index (χ3n) is 6.41. The number of ether oxygens (including phenoxy) is 5. The number of esters is 1. The van der Waals surface area contributed by atoms with Gasteiger partial charge in [-0.2, -0.15) is 8.78 Å². The fraction of sp³-hybridized carbons (Fsp3) is 0.400. The third kappa shape index (κ3) is 12.5. The highest BCUT2D eigenvalue weighted by Crippen LogP contribution is 2.31. The first-order chi connectivity index (χ1) is 25.2. The molecule has 0 saturated heterocycles. The Kier molecular flexibility index (Phi) is 15.0. The summed E-state index contributed by atoms with van der Waals surface area (Å²) in [6.45, 7) is 0.778. The topological polar surface area (TPSA) is 221 Å². The van der Waals surface area contributed by atoms with Crippen molar-refractivity contribution in [2.75, 3.05) is 70.7 Å². The first-order valence-corrected chi connectivity index (χ1v) is 18.7. The van der Waals surface area contributed by atoms with E-state index in [1.54, 1.807) is 0 Å². The second-order valence-corrected chi connectivity index (χ2v) is 13.7. The molecule has 0 radical (unpaired) electrons. The Labute approximate surface area is 300 Å². The van der Waals surface area contributed by atoms with Crippen LogP contribution < -0.4 is 10.1 Å². The molecule has 1 N–H and O–H groups in total. The van der Waals surface area contributed by atoms with Gasteiger partial charge in [-0.3, -0.25) is 9.59 Å². The molecule has 1 amide bonds. The standard InChI is InChI=1S/C30H31F4N5O12S2/c1-52(42)29-38-36-27(50-29)17-13-18(28-37-39-30(51-28)53(2,43)44)15-19(14-17)35-22(40)3-5-45-7-9-47-11-12-48-10-8-46-6-4-23(41)49-26-24(33)20(31)16-21(32)25(26)34/h13-16H,3-12H2,1-2H3,(H,35,40). The van der Waals surface area contributed by atoms with Gasteiger partial charge in [0.1, 0.15) is 10.8 Å². The monoisotopic (exact) mass is 793 g/mol. The highest BCUT2D eigenvalue weighted by molar-refractivity contribution is 7.90. The Morgan fingerprint density at radius 1 is 0.736 bits per heavy atom. The maximum atomic E-state index is 13.6. The second kappa shape index (κ2) is 19.4. The molecule has 0 saturated carbocycles. The Hall–Kier alpha value is -4.68. The van der Waals surface area contributed by atoms with Crippen molar-refractivity contribution in [2.24, 2.45) is 0 Å². The summed E-state index contributed by atoms with van der Waals surface area (Å²) in [5.74, 6) is -10.3. The molecule has 4 rings (SSSR count). The highest BCUT2D eigenvalue weighted by Gasteiger charge is 2.23. The van der Waals surface area contributed by atoms with Gasteiger partial charge < -0.3 is 37.8 Å². The van der Waals surface area contributed by atoms with Crippen LogP contribution in [0.15, 0.2) is 43.5 Å². The van der Waals surface area contributed by atoms with Gasteiger partial charge in [0.15, 0.2) is 11.6 Å². The van der Waals surface area contributed by atoms with Crippen LogP contribution in [0, 0.1) is 23.3 Å². The number of rotatable bonds is 21. The maximum absolute atomic E-state index is 13.6. The SMILES string of the molecule is CS(=O)c1nnc(-c2cc(NC(=O)CCOCCOCCOCCOCCC(=O)Oc3c(F)c(F)cc(F)c3F)cc(-c3nnc(S(C)(=O)=O)o3)c2)o1. The van der Waals surface area contributed by atoms with Crippen LogP contribution in [0.3, 0.4) is 0 Å². The lowest BCUT2D eigenvalue weighted by Crippen LogP contribution is -2.16. The van der Waals surface area contributed by atoms with E-state index in [0.29, 0.717) is 0 Å². The predicted molar refractivity (Wildman–Crippen MR) is 172 cm³/mol. The molecule has 0 aliphatic carbocycles. The summed E-state index contributed by atoms with van der Waals surface area (Å²) in [5.41, 5.74) is 0.743. The van der Waals surface area contributed by atoms with Gasteiger partial charge in [-0.25, -0.2) is 21.4 Å². The van der Waals surface area contributed by atoms with Crippen molar-refractivity contribution in [1.29, 1.82) is 0 Å². The molecule has 0 fully saturated rings. The molecule has 23 heteroatoms. The van der Waals surface area contributed by atoms with Gasteiger partial charge in [-0.1, -0.05) is 10.2 Å². The van der Waals surface area contributed by atoms with Gasteiger partial charge in [0.25, 0.3) is 0 Å². The fourth-order valence-corrected chi connectivity index (χ4v) is 4.75. The molecular weight excluding hydrogens is 762 g/mol. The van der Waals surface area contributed by atoms with Crippen molar-refractivity contribution >= 4 is 38.2 Å². The number of nitrogens with one attached hydrogen (secondary N) is 1. The lowest BCUT2D eigenvalue weighted by atomic mass is 10.1. The minimum absolute atomic E-state index is 0.00673. The normalized spacial score (nSPS) is 12.2. The van der Waals surface area contributed by atoms with E-state index in [-0.39, 0.29) is 99.2 Å². The van der Waals surface area contributed by atoms with E-state index in [0.717, 1.165) is 6.26 Å². The van der Waals surface area contributed by atoms with Crippen LogP contribution in [0.5, 0.6) is 5.75 Å². The van der Waals surface area contributed by atoms with Crippen LogP contribution in [-0.4, -0.2) is 110 Å². The Morgan fingerprint density at radius 3 is 1.75 bits per heavy atom. The van der Waals surface area contributed by atoms with Crippen molar-refractivity contribution < 1.29 is 72.3 Å². The van der Waals surface area contributed by atoms with E-state index in [2.05, 4.69) is 30.4 Å². The van der Waals surface area contributed by atoms with Gasteiger partial charge >= 0.3 is 16.4 Å². The van der Waals surface area contributed by atoms with Crippen LogP contribution >= 0.6 is 0 Å². The molecule has 2 heterocycles. The zero-order valence-corrected chi connectivity index (χ0v) is 29.5. The van der Waals surface area contributed by atoms with E-state index < -0.39 is 73.2 Å². The second-order valence-electron chi connectivity index (χ2n) is 10.5. The molecule has 0 spiro atoms. The van der Waals surface area contributed by atoms with Gasteiger partial charge in [0, 0.05) is 35.4 Å². The number of sulfone groups is 1. The number of anilines is 1. The predicted octanol–water partition coefficient (Wildman–Crippen LogP) is 2.87. The molecule has 1 atom stereocenters. The molecule has 1 unspecified atom stereocenters. The largest absolute Gasteiger partial charge is 0.420 e. The van der Waals surface area contributed by atoms with E-state index in [1.165, 1.54) is 24.5 Å². The number of carbonyl (C=O) groups is 2. The number of benzene rings is 2. The Bertz CT molecular complexity index is 2000. The fourth-order valence-electron chi connectivity index (χ4n) is 3.98. The number of nitrogens with zero attached hydrogens (tertiary/aromatic N) is 4. The van der Waals surface area contributed by atoms with Crippen molar-refractivity contribution in [3.63, 3.8) is 0 Å². The first kappa shape index (κ1) is 41.1.